The summed E-state index contributed by atoms with van der Waals surface area (Å²) >= 11 is 1.37. The molecule has 1 aromatic heterocycles. The third kappa shape index (κ3) is 5.00. The zero-order chi connectivity index (χ0) is 8.97. The third-order valence-electron chi connectivity index (χ3n) is 1.37. The van der Waals surface area contributed by atoms with Crippen molar-refractivity contribution in [3.63, 3.8) is 0 Å². The molecule has 0 unspecified atom stereocenters. The molecule has 0 aromatic carbocycles. The van der Waals surface area contributed by atoms with Crippen molar-refractivity contribution in [1.29, 1.82) is 0 Å². The maximum Gasteiger partial charge on any atom is 3.00 e. The van der Waals surface area contributed by atoms with Gasteiger partial charge in [-0.2, -0.15) is 11.3 Å². The van der Waals surface area contributed by atoms with E-state index in [0.29, 0.717) is 6.54 Å². The van der Waals surface area contributed by atoms with Crippen molar-refractivity contribution in [3.05, 3.63) is 11.9 Å². The molecule has 0 saturated heterocycles. The number of nitrogens with two attached hydrogens (primary N) is 1. The first-order valence-electron chi connectivity index (χ1n) is 3.82. The van der Waals surface area contributed by atoms with E-state index in [1.165, 1.54) is 11.5 Å². The van der Waals surface area contributed by atoms with Gasteiger partial charge < -0.3 is 11.1 Å². The van der Waals surface area contributed by atoms with Gasteiger partial charge in [0.15, 0.2) is 5.13 Å². The van der Waals surface area contributed by atoms with Gasteiger partial charge in [0.05, 0.1) is 0 Å². The summed E-state index contributed by atoms with van der Waals surface area (Å²) in [5, 5.41) is 3.99. The van der Waals surface area contributed by atoms with Gasteiger partial charge in [0.1, 0.15) is 5.82 Å². The topological polar surface area (TPSA) is 63.8 Å². The molecule has 4 nitrogen and oxygen atoms in total. The number of hydrogen-bond donors (Lipinski definition) is 2. The number of aryl methyl sites for hydroxylation is 1. The van der Waals surface area contributed by atoms with Gasteiger partial charge in [-0.05, 0) is 13.5 Å². The molecule has 0 saturated carbocycles. The van der Waals surface area contributed by atoms with Gasteiger partial charge in [-0.15, -0.1) is 6.42 Å². The molecule has 1 aromatic rings. The van der Waals surface area contributed by atoms with Crippen LogP contribution in [-0.4, -0.2) is 15.9 Å². The number of anilines is 1. The van der Waals surface area contributed by atoms with E-state index in [1.807, 2.05) is 13.8 Å². The Balaban J connectivity index is 0.00000144. The summed E-state index contributed by atoms with van der Waals surface area (Å²) in [4.78, 5) is 4.17. The molecule has 0 bridgehead atoms. The van der Waals surface area contributed by atoms with Crippen LogP contribution < -0.4 is 11.1 Å². The number of aromatic nitrogens is 2. The van der Waals surface area contributed by atoms with E-state index in [1.54, 1.807) is 0 Å². The Morgan fingerprint density at radius 3 is 2.77 bits per heavy atom. The van der Waals surface area contributed by atoms with E-state index >= 15 is 0 Å². The van der Waals surface area contributed by atoms with Crippen LogP contribution in [-0.2, 0) is 32.7 Å². The van der Waals surface area contributed by atoms with E-state index in [0.717, 1.165) is 23.4 Å². The van der Waals surface area contributed by atoms with Crippen LogP contribution in [0.1, 0.15) is 19.2 Å². The quantitative estimate of drug-likeness (QED) is 0.809. The Kier molecular flexibility index (Phi) is 7.04. The van der Waals surface area contributed by atoms with Gasteiger partial charge in [-0.1, -0.05) is 0 Å². The van der Waals surface area contributed by atoms with E-state index in [2.05, 4.69) is 14.7 Å². The summed E-state index contributed by atoms with van der Waals surface area (Å²) in [6.45, 7) is 4.54. The summed E-state index contributed by atoms with van der Waals surface area (Å²) in [5.41, 5.74) is 5.39. The van der Waals surface area contributed by atoms with E-state index in [-0.39, 0.29) is 32.7 Å². The Morgan fingerprint density at radius 2 is 2.31 bits per heavy atom. The SMILES string of the molecule is Cc1nsc(N[C-](C)CCN)n1.[Y+3]. The first kappa shape index (κ1) is 13.4. The van der Waals surface area contributed by atoms with Gasteiger partial charge >= 0.3 is 32.7 Å². The fourth-order valence-corrected chi connectivity index (χ4v) is 1.46. The molecule has 0 atom stereocenters. The molecule has 0 amide bonds. The van der Waals surface area contributed by atoms with Crippen LogP contribution in [0, 0.1) is 13.0 Å². The number of hydrogen-bond acceptors (Lipinski definition) is 5. The predicted molar refractivity (Wildman–Crippen MR) is 50.9 cm³/mol. The standard InChI is InChI=1S/C7H13N4S.Y/c1-5(3-4-8)9-7-10-6(2)11-12-7;/h3-4,8H2,1-2H3,(H,9,10,11);/q-1;+3. The molecule has 0 fully saturated rings. The average Bonchev–Trinajstić information content (AvgIpc) is 2.36. The Morgan fingerprint density at radius 1 is 1.62 bits per heavy atom. The summed E-state index contributed by atoms with van der Waals surface area (Å²) in [5.74, 6) is 0.808. The zero-order valence-corrected chi connectivity index (χ0v) is 11.5. The number of rotatable bonds is 4. The third-order valence-corrected chi connectivity index (χ3v) is 2.09. The Hall–Kier alpha value is 0.424. The van der Waals surface area contributed by atoms with E-state index in [4.69, 9.17) is 5.73 Å². The number of nitrogens with zero attached hydrogens (tertiary/aromatic N) is 2. The fraction of sp³-hybridized carbons (Fsp3) is 0.571. The molecular formula is C7H13N4SY+2. The first-order valence-corrected chi connectivity index (χ1v) is 4.59. The Bertz CT molecular complexity index is 240. The van der Waals surface area contributed by atoms with Crippen molar-refractivity contribution in [2.24, 2.45) is 5.73 Å². The van der Waals surface area contributed by atoms with Gasteiger partial charge in [0.25, 0.3) is 0 Å². The predicted octanol–water partition coefficient (Wildman–Crippen LogP) is 1.16. The molecule has 1 heterocycles. The Labute approximate surface area is 108 Å². The summed E-state index contributed by atoms with van der Waals surface area (Å²) in [7, 11) is 0. The smallest absolute Gasteiger partial charge is 0.507 e. The van der Waals surface area contributed by atoms with Gasteiger partial charge in [-0.25, -0.2) is 11.0 Å². The van der Waals surface area contributed by atoms with Crippen molar-refractivity contribution in [3.8, 4) is 0 Å². The second-order valence-electron chi connectivity index (χ2n) is 2.59. The monoisotopic (exact) mass is 274 g/mol. The molecule has 0 radical (unpaired) electrons. The zero-order valence-electron chi connectivity index (χ0n) is 7.87. The minimum absolute atomic E-state index is 0. The van der Waals surface area contributed by atoms with Crippen LogP contribution in [0.25, 0.3) is 0 Å². The van der Waals surface area contributed by atoms with Crippen molar-refractivity contribution >= 4 is 16.7 Å². The maximum absolute atomic E-state index is 5.39. The molecule has 0 spiro atoms. The molecule has 3 N–H and O–H groups in total. The summed E-state index contributed by atoms with van der Waals surface area (Å²) in [6, 6.07) is 1.13. The van der Waals surface area contributed by atoms with Crippen LogP contribution in [0.3, 0.4) is 0 Å². The normalized spacial score (nSPS) is 9.85. The average molecular weight is 274 g/mol. The van der Waals surface area contributed by atoms with Crippen LogP contribution in [0.15, 0.2) is 0 Å². The molecule has 13 heavy (non-hydrogen) atoms. The minimum atomic E-state index is 0. The molecular weight excluding hydrogens is 261 g/mol. The van der Waals surface area contributed by atoms with E-state index < -0.39 is 0 Å². The molecule has 0 aliphatic heterocycles. The summed E-state index contributed by atoms with van der Waals surface area (Å²) in [6.07, 6.45) is 0.874. The molecule has 0 aliphatic rings. The molecule has 6 heteroatoms. The molecule has 1 rings (SSSR count). The molecule has 0 aliphatic carbocycles. The second kappa shape index (κ2) is 6.82. The largest absolute Gasteiger partial charge is 3.00 e. The second-order valence-corrected chi connectivity index (χ2v) is 3.34. The van der Waals surface area contributed by atoms with Crippen molar-refractivity contribution < 1.29 is 32.7 Å². The van der Waals surface area contributed by atoms with Crippen molar-refractivity contribution in [1.82, 2.24) is 9.36 Å². The van der Waals surface area contributed by atoms with Crippen LogP contribution in [0.5, 0.6) is 0 Å². The fourth-order valence-electron chi connectivity index (χ4n) is 0.809. The van der Waals surface area contributed by atoms with Gasteiger partial charge in [-0.3, -0.25) is 0 Å². The van der Waals surface area contributed by atoms with Gasteiger partial charge in [0, 0.05) is 11.5 Å². The molecule has 68 valence electrons. The minimum Gasteiger partial charge on any atom is -0.507 e. The van der Waals surface area contributed by atoms with Gasteiger partial charge in [0.2, 0.25) is 0 Å². The van der Waals surface area contributed by atoms with Crippen molar-refractivity contribution in [2.45, 2.75) is 20.3 Å². The summed E-state index contributed by atoms with van der Waals surface area (Å²) < 4.78 is 4.05. The van der Waals surface area contributed by atoms with E-state index in [9.17, 15) is 0 Å². The maximum atomic E-state index is 5.39. The van der Waals surface area contributed by atoms with Crippen LogP contribution in [0.2, 0.25) is 0 Å². The first-order chi connectivity index (χ1) is 5.72. The van der Waals surface area contributed by atoms with Crippen LogP contribution >= 0.6 is 11.5 Å². The van der Waals surface area contributed by atoms with Crippen molar-refractivity contribution in [2.75, 3.05) is 11.9 Å². The number of nitrogens with one attached hydrogen (secondary N) is 1. The van der Waals surface area contributed by atoms with Crippen LogP contribution in [0.4, 0.5) is 5.13 Å².